The van der Waals surface area contributed by atoms with Crippen molar-refractivity contribution in [1.82, 2.24) is 4.98 Å². The third kappa shape index (κ3) is 2.51. The highest BCUT2D eigenvalue weighted by molar-refractivity contribution is 6.33. The maximum Gasteiger partial charge on any atom is 0.0701 e. The Morgan fingerprint density at radius 3 is 2.05 bits per heavy atom. The second-order valence-electron chi connectivity index (χ2n) is 4.27. The van der Waals surface area contributed by atoms with Crippen molar-refractivity contribution in [3.05, 3.63) is 77.9 Å². The summed E-state index contributed by atoms with van der Waals surface area (Å²) in [4.78, 5) is 4.34. The summed E-state index contributed by atoms with van der Waals surface area (Å²) in [7, 11) is 0. The van der Waals surface area contributed by atoms with Crippen LogP contribution in [0.1, 0.15) is 0 Å². The van der Waals surface area contributed by atoms with Crippen LogP contribution in [0.15, 0.2) is 72.9 Å². The van der Waals surface area contributed by atoms with Crippen LogP contribution in [-0.4, -0.2) is 4.98 Å². The van der Waals surface area contributed by atoms with Crippen molar-refractivity contribution >= 4 is 11.6 Å². The van der Waals surface area contributed by atoms with Crippen molar-refractivity contribution in [1.29, 1.82) is 0 Å². The SMILES string of the molecule is Clc1ccccc1-c1ccc(-c2ccccn2)cc1. The molecule has 92 valence electrons. The third-order valence-corrected chi connectivity index (χ3v) is 3.36. The Morgan fingerprint density at radius 2 is 1.37 bits per heavy atom. The van der Waals surface area contributed by atoms with Gasteiger partial charge in [0.2, 0.25) is 0 Å². The predicted octanol–water partition coefficient (Wildman–Crippen LogP) is 5.07. The van der Waals surface area contributed by atoms with Crippen LogP contribution < -0.4 is 0 Å². The molecule has 0 fully saturated rings. The highest BCUT2D eigenvalue weighted by Crippen LogP contribution is 2.29. The van der Waals surface area contributed by atoms with Crippen molar-refractivity contribution in [3.8, 4) is 22.4 Å². The van der Waals surface area contributed by atoms with Crippen LogP contribution in [0.25, 0.3) is 22.4 Å². The van der Waals surface area contributed by atoms with Crippen LogP contribution in [-0.2, 0) is 0 Å². The van der Waals surface area contributed by atoms with Gasteiger partial charge in [-0.25, -0.2) is 0 Å². The van der Waals surface area contributed by atoms with Gasteiger partial charge >= 0.3 is 0 Å². The minimum atomic E-state index is 0.771. The molecule has 3 aromatic rings. The van der Waals surface area contributed by atoms with E-state index < -0.39 is 0 Å². The molecule has 1 nitrogen and oxygen atoms in total. The predicted molar refractivity (Wildman–Crippen MR) is 80.1 cm³/mol. The Hall–Kier alpha value is -2.12. The zero-order chi connectivity index (χ0) is 13.1. The summed E-state index contributed by atoms with van der Waals surface area (Å²) in [5.41, 5.74) is 4.26. The van der Waals surface area contributed by atoms with Crippen LogP contribution in [0, 0.1) is 0 Å². The average Bonchev–Trinajstić information content (AvgIpc) is 2.49. The van der Waals surface area contributed by atoms with E-state index in [1.807, 2.05) is 42.5 Å². The van der Waals surface area contributed by atoms with E-state index in [1.54, 1.807) is 6.20 Å². The number of pyridine rings is 1. The smallest absolute Gasteiger partial charge is 0.0701 e. The number of halogens is 1. The fourth-order valence-electron chi connectivity index (χ4n) is 2.05. The molecule has 1 aromatic heterocycles. The van der Waals surface area contributed by atoms with E-state index in [0.29, 0.717) is 0 Å². The lowest BCUT2D eigenvalue weighted by atomic mass is 10.0. The molecule has 3 rings (SSSR count). The minimum absolute atomic E-state index is 0.771. The third-order valence-electron chi connectivity index (χ3n) is 3.03. The molecule has 0 saturated carbocycles. The second-order valence-corrected chi connectivity index (χ2v) is 4.68. The first-order chi connectivity index (χ1) is 9.34. The number of benzene rings is 2. The fraction of sp³-hybridized carbons (Fsp3) is 0. The first-order valence-corrected chi connectivity index (χ1v) is 6.49. The Bertz CT molecular complexity index is 675. The molecule has 0 saturated heterocycles. The maximum absolute atomic E-state index is 6.20. The number of aromatic nitrogens is 1. The Labute approximate surface area is 117 Å². The first kappa shape index (κ1) is 11.9. The van der Waals surface area contributed by atoms with Crippen molar-refractivity contribution < 1.29 is 0 Å². The number of nitrogens with zero attached hydrogens (tertiary/aromatic N) is 1. The largest absolute Gasteiger partial charge is 0.256 e. The summed E-state index contributed by atoms with van der Waals surface area (Å²) in [5.74, 6) is 0. The van der Waals surface area contributed by atoms with Crippen LogP contribution in [0.5, 0.6) is 0 Å². The second kappa shape index (κ2) is 5.25. The van der Waals surface area contributed by atoms with Crippen molar-refractivity contribution in [2.24, 2.45) is 0 Å². The lowest BCUT2D eigenvalue weighted by Crippen LogP contribution is -1.83. The van der Waals surface area contributed by atoms with Gasteiger partial charge in [0.1, 0.15) is 0 Å². The molecule has 0 radical (unpaired) electrons. The number of hydrogen-bond acceptors (Lipinski definition) is 1. The summed E-state index contributed by atoms with van der Waals surface area (Å²) >= 11 is 6.20. The summed E-state index contributed by atoms with van der Waals surface area (Å²) in [5, 5.41) is 0.771. The van der Waals surface area contributed by atoms with E-state index in [2.05, 4.69) is 29.2 Å². The van der Waals surface area contributed by atoms with Gasteiger partial charge in [-0.3, -0.25) is 4.98 Å². The van der Waals surface area contributed by atoms with E-state index in [-0.39, 0.29) is 0 Å². The average molecular weight is 266 g/mol. The molecule has 0 amide bonds. The number of rotatable bonds is 2. The summed E-state index contributed by atoms with van der Waals surface area (Å²) in [6.45, 7) is 0. The summed E-state index contributed by atoms with van der Waals surface area (Å²) < 4.78 is 0. The molecule has 0 N–H and O–H groups in total. The normalized spacial score (nSPS) is 10.4. The van der Waals surface area contributed by atoms with Gasteiger partial charge in [-0.15, -0.1) is 0 Å². The summed E-state index contributed by atoms with van der Waals surface area (Å²) in [6, 6.07) is 22.1. The molecule has 2 heteroatoms. The molecular weight excluding hydrogens is 254 g/mol. The van der Waals surface area contributed by atoms with Crippen molar-refractivity contribution in [2.75, 3.05) is 0 Å². The lowest BCUT2D eigenvalue weighted by molar-refractivity contribution is 1.33. The highest BCUT2D eigenvalue weighted by atomic mass is 35.5. The van der Waals surface area contributed by atoms with Crippen LogP contribution >= 0.6 is 11.6 Å². The molecule has 0 aliphatic carbocycles. The van der Waals surface area contributed by atoms with Gasteiger partial charge in [-0.2, -0.15) is 0 Å². The Kier molecular flexibility index (Phi) is 3.30. The van der Waals surface area contributed by atoms with Crippen LogP contribution in [0.2, 0.25) is 5.02 Å². The van der Waals surface area contributed by atoms with E-state index in [1.165, 1.54) is 0 Å². The molecule has 2 aromatic carbocycles. The zero-order valence-corrected chi connectivity index (χ0v) is 11.0. The van der Waals surface area contributed by atoms with Crippen LogP contribution in [0.3, 0.4) is 0 Å². The van der Waals surface area contributed by atoms with E-state index in [0.717, 1.165) is 27.4 Å². The molecular formula is C17H12ClN. The zero-order valence-electron chi connectivity index (χ0n) is 10.3. The maximum atomic E-state index is 6.20. The van der Waals surface area contributed by atoms with Gasteiger partial charge in [0, 0.05) is 22.3 Å². The van der Waals surface area contributed by atoms with E-state index in [4.69, 9.17) is 11.6 Å². The molecule has 1 heterocycles. The fourth-order valence-corrected chi connectivity index (χ4v) is 2.29. The van der Waals surface area contributed by atoms with Crippen molar-refractivity contribution in [3.63, 3.8) is 0 Å². The van der Waals surface area contributed by atoms with Gasteiger partial charge in [0.05, 0.1) is 5.69 Å². The molecule has 0 aliphatic rings. The highest BCUT2D eigenvalue weighted by Gasteiger charge is 2.03. The molecule has 0 unspecified atom stereocenters. The van der Waals surface area contributed by atoms with E-state index in [9.17, 15) is 0 Å². The van der Waals surface area contributed by atoms with E-state index >= 15 is 0 Å². The molecule has 0 aliphatic heterocycles. The molecule has 0 bridgehead atoms. The number of hydrogen-bond donors (Lipinski definition) is 0. The Balaban J connectivity index is 1.98. The monoisotopic (exact) mass is 265 g/mol. The molecule has 0 atom stereocenters. The van der Waals surface area contributed by atoms with Gasteiger partial charge in [0.15, 0.2) is 0 Å². The van der Waals surface area contributed by atoms with Gasteiger partial charge in [-0.05, 0) is 23.8 Å². The molecule has 0 spiro atoms. The standard InChI is InChI=1S/C17H12ClN/c18-16-6-2-1-5-15(16)13-8-10-14(11-9-13)17-7-3-4-12-19-17/h1-12H. The Morgan fingerprint density at radius 1 is 0.684 bits per heavy atom. The molecule has 19 heavy (non-hydrogen) atoms. The lowest BCUT2D eigenvalue weighted by Gasteiger charge is -2.06. The van der Waals surface area contributed by atoms with Gasteiger partial charge < -0.3 is 0 Å². The van der Waals surface area contributed by atoms with Crippen LogP contribution in [0.4, 0.5) is 0 Å². The van der Waals surface area contributed by atoms with Gasteiger partial charge in [-0.1, -0.05) is 60.1 Å². The first-order valence-electron chi connectivity index (χ1n) is 6.11. The van der Waals surface area contributed by atoms with Crippen molar-refractivity contribution in [2.45, 2.75) is 0 Å². The van der Waals surface area contributed by atoms with Gasteiger partial charge in [0.25, 0.3) is 0 Å². The quantitative estimate of drug-likeness (QED) is 0.630. The summed E-state index contributed by atoms with van der Waals surface area (Å²) in [6.07, 6.45) is 1.80. The topological polar surface area (TPSA) is 12.9 Å². The minimum Gasteiger partial charge on any atom is -0.256 e.